The standard InChI is InChI=1S/C18H30.C6H16O3Si.Na.H/c1-2-3-4-5-6-7-8-9-10-12-15-18-16-13-11-14-17-18;1-5-6-10(7-2,8-3)9-4;;/h11,13-14,16-17H,2-10,12,15H2,1H3;5-6H2,1-4H3;;. The molecule has 0 saturated carbocycles. The first-order valence-corrected chi connectivity index (χ1v) is 13.3. The Kier molecular flexibility index (Phi) is 25.0. The van der Waals surface area contributed by atoms with Gasteiger partial charge in [0, 0.05) is 27.4 Å². The molecular formula is C24H47NaO3Si. The van der Waals surface area contributed by atoms with Crippen molar-refractivity contribution >= 4 is 38.4 Å². The summed E-state index contributed by atoms with van der Waals surface area (Å²) in [6, 6.07) is 11.8. The van der Waals surface area contributed by atoms with Gasteiger partial charge in [0.15, 0.2) is 0 Å². The normalized spacial score (nSPS) is 10.8. The monoisotopic (exact) mass is 434 g/mol. The predicted octanol–water partition coefficient (Wildman–Crippen LogP) is 6.78. The van der Waals surface area contributed by atoms with E-state index in [0.29, 0.717) is 0 Å². The average Bonchev–Trinajstić information content (AvgIpc) is 2.75. The van der Waals surface area contributed by atoms with Crippen molar-refractivity contribution in [3.63, 3.8) is 0 Å². The minimum absolute atomic E-state index is 0. The van der Waals surface area contributed by atoms with Gasteiger partial charge < -0.3 is 13.3 Å². The first-order valence-electron chi connectivity index (χ1n) is 11.4. The van der Waals surface area contributed by atoms with E-state index in [4.69, 9.17) is 13.3 Å². The molecule has 0 aliphatic carbocycles. The molecule has 5 heteroatoms. The van der Waals surface area contributed by atoms with Crippen molar-refractivity contribution in [2.24, 2.45) is 0 Å². The number of rotatable bonds is 16. The van der Waals surface area contributed by atoms with Crippen molar-refractivity contribution in [3.8, 4) is 0 Å². The van der Waals surface area contributed by atoms with Crippen molar-refractivity contribution in [3.05, 3.63) is 35.9 Å². The summed E-state index contributed by atoms with van der Waals surface area (Å²) in [5, 5.41) is 0. The summed E-state index contributed by atoms with van der Waals surface area (Å²) >= 11 is 0. The zero-order valence-electron chi connectivity index (χ0n) is 19.3. The molecule has 0 atom stereocenters. The third-order valence-electron chi connectivity index (χ3n) is 5.15. The topological polar surface area (TPSA) is 27.7 Å². The van der Waals surface area contributed by atoms with E-state index in [2.05, 4.69) is 44.2 Å². The van der Waals surface area contributed by atoms with Crippen LogP contribution in [0.3, 0.4) is 0 Å². The van der Waals surface area contributed by atoms with Crippen LogP contribution in [0.4, 0.5) is 0 Å². The van der Waals surface area contributed by atoms with Crippen LogP contribution < -0.4 is 0 Å². The molecule has 1 aromatic rings. The molecule has 0 aliphatic rings. The van der Waals surface area contributed by atoms with E-state index in [1.54, 1.807) is 21.3 Å². The minimum atomic E-state index is -2.22. The van der Waals surface area contributed by atoms with E-state index in [-0.39, 0.29) is 29.6 Å². The van der Waals surface area contributed by atoms with E-state index < -0.39 is 8.80 Å². The molecule has 0 aliphatic heterocycles. The molecule has 0 bridgehead atoms. The van der Waals surface area contributed by atoms with Gasteiger partial charge in [0.05, 0.1) is 0 Å². The number of aryl methyl sites for hydroxylation is 1. The van der Waals surface area contributed by atoms with Gasteiger partial charge in [-0.05, 0) is 18.4 Å². The maximum absolute atomic E-state index is 5.17. The molecule has 0 saturated heterocycles. The first kappa shape index (κ1) is 31.5. The second-order valence-electron chi connectivity index (χ2n) is 7.46. The zero-order valence-corrected chi connectivity index (χ0v) is 20.3. The van der Waals surface area contributed by atoms with Gasteiger partial charge in [-0.3, -0.25) is 0 Å². The second-order valence-corrected chi connectivity index (χ2v) is 10.6. The number of hydrogen-bond acceptors (Lipinski definition) is 3. The Hall–Kier alpha value is 0.317. The maximum atomic E-state index is 5.17. The molecule has 0 unspecified atom stereocenters. The van der Waals surface area contributed by atoms with E-state index in [0.717, 1.165) is 12.5 Å². The Bertz CT molecular complexity index is 419. The third kappa shape index (κ3) is 17.7. The molecule has 0 spiro atoms. The molecule has 1 rings (SSSR count). The summed E-state index contributed by atoms with van der Waals surface area (Å²) in [6.07, 6.45) is 16.5. The quantitative estimate of drug-likeness (QED) is 0.212. The Morgan fingerprint density at radius 1 is 0.621 bits per heavy atom. The number of hydrogen-bond donors (Lipinski definition) is 0. The van der Waals surface area contributed by atoms with Crippen molar-refractivity contribution < 1.29 is 13.3 Å². The Balaban J connectivity index is 0. The summed E-state index contributed by atoms with van der Waals surface area (Å²) in [7, 11) is 2.68. The summed E-state index contributed by atoms with van der Waals surface area (Å²) in [5.74, 6) is 0. The molecule has 0 heterocycles. The van der Waals surface area contributed by atoms with E-state index in [1.165, 1.54) is 76.2 Å². The Morgan fingerprint density at radius 2 is 1.07 bits per heavy atom. The number of unbranched alkanes of at least 4 members (excludes halogenated alkanes) is 9. The van der Waals surface area contributed by atoms with Crippen molar-refractivity contribution in [2.75, 3.05) is 21.3 Å². The van der Waals surface area contributed by atoms with Crippen LogP contribution in [0.15, 0.2) is 30.3 Å². The molecule has 3 nitrogen and oxygen atoms in total. The van der Waals surface area contributed by atoms with Crippen LogP contribution in [0.25, 0.3) is 0 Å². The molecule has 0 aromatic heterocycles. The Morgan fingerprint density at radius 3 is 1.45 bits per heavy atom. The van der Waals surface area contributed by atoms with Crippen molar-refractivity contribution in [2.45, 2.75) is 96.9 Å². The third-order valence-corrected chi connectivity index (χ3v) is 8.13. The van der Waals surface area contributed by atoms with Gasteiger partial charge in [0.2, 0.25) is 0 Å². The summed E-state index contributed by atoms with van der Waals surface area (Å²) in [5.41, 5.74) is 1.50. The fraction of sp³-hybridized carbons (Fsp3) is 0.750. The molecule has 0 radical (unpaired) electrons. The molecule has 0 fully saturated rings. The fourth-order valence-electron chi connectivity index (χ4n) is 3.32. The van der Waals surface area contributed by atoms with E-state index in [9.17, 15) is 0 Å². The average molecular weight is 435 g/mol. The summed E-state index contributed by atoms with van der Waals surface area (Å²) in [6.45, 7) is 4.37. The molecule has 0 N–H and O–H groups in total. The van der Waals surface area contributed by atoms with Crippen molar-refractivity contribution in [1.29, 1.82) is 0 Å². The fourth-order valence-corrected chi connectivity index (χ4v) is 5.05. The van der Waals surface area contributed by atoms with E-state index >= 15 is 0 Å². The van der Waals surface area contributed by atoms with Crippen LogP contribution in [-0.2, 0) is 19.7 Å². The van der Waals surface area contributed by atoms with Crippen LogP contribution in [-0.4, -0.2) is 59.7 Å². The van der Waals surface area contributed by atoms with E-state index in [1.807, 2.05) is 0 Å². The van der Waals surface area contributed by atoms with Crippen LogP contribution in [0.5, 0.6) is 0 Å². The van der Waals surface area contributed by atoms with Gasteiger partial charge in [-0.2, -0.15) is 0 Å². The van der Waals surface area contributed by atoms with Gasteiger partial charge in [-0.15, -0.1) is 0 Å². The molecule has 166 valence electrons. The van der Waals surface area contributed by atoms with Gasteiger partial charge in [0.25, 0.3) is 0 Å². The number of benzene rings is 1. The van der Waals surface area contributed by atoms with Crippen LogP contribution >= 0.6 is 0 Å². The molecular weight excluding hydrogens is 387 g/mol. The zero-order chi connectivity index (χ0) is 20.9. The summed E-state index contributed by atoms with van der Waals surface area (Å²) < 4.78 is 15.5. The SMILES string of the molecule is CCCCCCCCCCCCc1ccccc1.CCC[Si](OC)(OC)OC.[NaH]. The Labute approximate surface area is 205 Å². The van der Waals surface area contributed by atoms with Gasteiger partial charge >= 0.3 is 38.4 Å². The van der Waals surface area contributed by atoms with Crippen molar-refractivity contribution in [1.82, 2.24) is 0 Å². The van der Waals surface area contributed by atoms with Gasteiger partial charge in [-0.1, -0.05) is 108 Å². The first-order chi connectivity index (χ1) is 13.7. The van der Waals surface area contributed by atoms with Gasteiger partial charge in [0.1, 0.15) is 0 Å². The van der Waals surface area contributed by atoms with Crippen LogP contribution in [0, 0.1) is 0 Å². The van der Waals surface area contributed by atoms with Crippen LogP contribution in [0.2, 0.25) is 6.04 Å². The van der Waals surface area contributed by atoms with Gasteiger partial charge in [-0.25, -0.2) is 0 Å². The molecule has 0 amide bonds. The molecule has 29 heavy (non-hydrogen) atoms. The predicted molar refractivity (Wildman–Crippen MR) is 131 cm³/mol. The molecule has 1 aromatic carbocycles. The summed E-state index contributed by atoms with van der Waals surface area (Å²) in [4.78, 5) is 0. The second kappa shape index (κ2) is 23.0. The van der Waals surface area contributed by atoms with Crippen LogP contribution in [0.1, 0.15) is 90.0 Å².